The Morgan fingerprint density at radius 2 is 2.11 bits per heavy atom. The van der Waals surface area contributed by atoms with Crippen molar-refractivity contribution in [2.24, 2.45) is 5.41 Å². The van der Waals surface area contributed by atoms with E-state index in [1.54, 1.807) is 0 Å². The van der Waals surface area contributed by atoms with Gasteiger partial charge in [0.1, 0.15) is 5.82 Å². The van der Waals surface area contributed by atoms with Gasteiger partial charge in [0, 0.05) is 26.1 Å². The van der Waals surface area contributed by atoms with E-state index < -0.39 is 0 Å². The van der Waals surface area contributed by atoms with Gasteiger partial charge in [0.25, 0.3) is 0 Å². The van der Waals surface area contributed by atoms with Crippen molar-refractivity contribution in [3.63, 3.8) is 0 Å². The number of aryl methyl sites for hydroxylation is 1. The van der Waals surface area contributed by atoms with Crippen LogP contribution in [0.1, 0.15) is 32.0 Å². The lowest BCUT2D eigenvalue weighted by atomic mass is 9.77. The average Bonchev–Trinajstić information content (AvgIpc) is 3.19. The smallest absolute Gasteiger partial charge is 0.237 e. The number of amides is 1. The van der Waals surface area contributed by atoms with E-state index in [1.165, 1.54) is 18.4 Å². The van der Waals surface area contributed by atoms with Crippen molar-refractivity contribution in [2.75, 3.05) is 33.2 Å². The molecule has 27 heavy (non-hydrogen) atoms. The molecule has 0 aliphatic carbocycles. The number of hydrogen-bond donors (Lipinski definition) is 2. The third-order valence-electron chi connectivity index (χ3n) is 6.41. The maximum absolute atomic E-state index is 12.8. The van der Waals surface area contributed by atoms with Crippen LogP contribution in [0.2, 0.25) is 0 Å². The number of likely N-dealkylation sites (tertiary alicyclic amines) is 1. The fourth-order valence-electron chi connectivity index (χ4n) is 4.97. The van der Waals surface area contributed by atoms with Gasteiger partial charge in [-0.3, -0.25) is 9.69 Å². The minimum atomic E-state index is 0.00749. The van der Waals surface area contributed by atoms with Crippen molar-refractivity contribution in [1.82, 2.24) is 25.1 Å². The first-order valence-electron chi connectivity index (χ1n) is 10.2. The van der Waals surface area contributed by atoms with E-state index in [9.17, 15) is 4.79 Å². The summed E-state index contributed by atoms with van der Waals surface area (Å²) in [5.41, 5.74) is 2.53. The van der Waals surface area contributed by atoms with Crippen LogP contribution in [-0.2, 0) is 17.8 Å². The van der Waals surface area contributed by atoms with E-state index in [1.807, 2.05) is 12.1 Å². The third kappa shape index (κ3) is 3.60. The van der Waals surface area contributed by atoms with Crippen LogP contribution in [0.25, 0.3) is 11.0 Å². The van der Waals surface area contributed by atoms with E-state index in [-0.39, 0.29) is 11.9 Å². The Balaban J connectivity index is 1.36. The third-order valence-corrected chi connectivity index (χ3v) is 6.41. The van der Waals surface area contributed by atoms with Crippen LogP contribution in [0.5, 0.6) is 0 Å². The van der Waals surface area contributed by atoms with Gasteiger partial charge in [-0.2, -0.15) is 0 Å². The number of rotatable bonds is 5. The number of piperidine rings is 1. The Bertz CT molecular complexity index is 808. The summed E-state index contributed by atoms with van der Waals surface area (Å²) in [5, 5.41) is 6.61. The van der Waals surface area contributed by atoms with Crippen LogP contribution in [0, 0.1) is 5.41 Å². The van der Waals surface area contributed by atoms with Gasteiger partial charge in [0.2, 0.25) is 5.91 Å². The molecule has 1 amide bonds. The molecule has 4 rings (SSSR count). The largest absolute Gasteiger partial charge is 0.354 e. The monoisotopic (exact) mass is 369 g/mol. The van der Waals surface area contributed by atoms with Crippen LogP contribution >= 0.6 is 0 Å². The standard InChI is InChI=1S/C21H31N5O/c1-3-26-17-7-5-4-6-16(17)24-19(26)8-11-23-20(27)18-14-21(15-25(18)2)9-12-22-13-10-21/h4-7,18,22H,3,8-15H2,1-2H3,(H,23,27). The van der Waals surface area contributed by atoms with Gasteiger partial charge < -0.3 is 15.2 Å². The molecule has 1 spiro atoms. The van der Waals surface area contributed by atoms with Gasteiger partial charge in [-0.05, 0) is 63.9 Å². The number of benzene rings is 1. The van der Waals surface area contributed by atoms with Crippen LogP contribution in [0.4, 0.5) is 0 Å². The second-order valence-corrected chi connectivity index (χ2v) is 8.19. The maximum atomic E-state index is 12.8. The molecule has 2 aliphatic heterocycles. The predicted molar refractivity (Wildman–Crippen MR) is 108 cm³/mol. The Hall–Kier alpha value is -1.92. The first-order valence-corrected chi connectivity index (χ1v) is 10.2. The van der Waals surface area contributed by atoms with Crippen LogP contribution in [-0.4, -0.2) is 59.6 Å². The van der Waals surface area contributed by atoms with E-state index >= 15 is 0 Å². The molecule has 2 N–H and O–H groups in total. The van der Waals surface area contributed by atoms with E-state index in [2.05, 4.69) is 46.2 Å². The Morgan fingerprint density at radius 1 is 1.33 bits per heavy atom. The van der Waals surface area contributed by atoms with Gasteiger partial charge in [-0.15, -0.1) is 0 Å². The molecule has 0 radical (unpaired) electrons. The fraction of sp³-hybridized carbons (Fsp3) is 0.619. The second-order valence-electron chi connectivity index (χ2n) is 8.19. The lowest BCUT2D eigenvalue weighted by Gasteiger charge is -2.33. The number of likely N-dealkylation sites (N-methyl/N-ethyl adjacent to an activating group) is 1. The lowest BCUT2D eigenvalue weighted by Crippen LogP contribution is -2.42. The van der Waals surface area contributed by atoms with Crippen molar-refractivity contribution < 1.29 is 4.79 Å². The zero-order valence-corrected chi connectivity index (χ0v) is 16.5. The van der Waals surface area contributed by atoms with Gasteiger partial charge in [-0.25, -0.2) is 4.98 Å². The Morgan fingerprint density at radius 3 is 2.89 bits per heavy atom. The number of para-hydroxylation sites is 2. The zero-order chi connectivity index (χ0) is 18.9. The molecular weight excluding hydrogens is 338 g/mol. The molecule has 2 aromatic rings. The highest BCUT2D eigenvalue weighted by Crippen LogP contribution is 2.41. The van der Waals surface area contributed by atoms with Crippen molar-refractivity contribution in [1.29, 1.82) is 0 Å². The number of imidazole rings is 1. The molecule has 146 valence electrons. The molecule has 6 nitrogen and oxygen atoms in total. The van der Waals surface area contributed by atoms with Gasteiger partial charge in [0.15, 0.2) is 0 Å². The fourth-order valence-corrected chi connectivity index (χ4v) is 4.97. The summed E-state index contributed by atoms with van der Waals surface area (Å²) in [7, 11) is 2.09. The summed E-state index contributed by atoms with van der Waals surface area (Å²) in [6.07, 6.45) is 4.12. The Kier molecular flexibility index (Phi) is 5.19. The van der Waals surface area contributed by atoms with Crippen molar-refractivity contribution >= 4 is 16.9 Å². The van der Waals surface area contributed by atoms with Crippen LogP contribution in [0.3, 0.4) is 0 Å². The molecule has 0 saturated carbocycles. The second kappa shape index (κ2) is 7.60. The Labute approximate surface area is 161 Å². The highest BCUT2D eigenvalue weighted by atomic mass is 16.2. The van der Waals surface area contributed by atoms with Gasteiger partial charge in [-0.1, -0.05) is 12.1 Å². The summed E-state index contributed by atoms with van der Waals surface area (Å²) in [6.45, 7) is 6.87. The number of aromatic nitrogens is 2. The van der Waals surface area contributed by atoms with Crippen molar-refractivity contribution in [3.05, 3.63) is 30.1 Å². The highest BCUT2D eigenvalue weighted by molar-refractivity contribution is 5.82. The molecule has 1 aromatic heterocycles. The van der Waals surface area contributed by atoms with Crippen molar-refractivity contribution in [3.8, 4) is 0 Å². The molecule has 2 aliphatic rings. The molecular formula is C21H31N5O. The average molecular weight is 370 g/mol. The summed E-state index contributed by atoms with van der Waals surface area (Å²) >= 11 is 0. The molecule has 6 heteroatoms. The zero-order valence-electron chi connectivity index (χ0n) is 16.5. The van der Waals surface area contributed by atoms with Gasteiger partial charge >= 0.3 is 0 Å². The molecule has 3 heterocycles. The summed E-state index contributed by atoms with van der Waals surface area (Å²) in [5.74, 6) is 1.22. The topological polar surface area (TPSA) is 62.2 Å². The minimum absolute atomic E-state index is 0.00749. The SMILES string of the molecule is CCn1c(CCNC(=O)C2CC3(CCNCC3)CN2C)nc2ccccc21. The summed E-state index contributed by atoms with van der Waals surface area (Å²) in [6, 6.07) is 8.24. The van der Waals surface area contributed by atoms with E-state index in [4.69, 9.17) is 4.98 Å². The number of hydrogen-bond acceptors (Lipinski definition) is 4. The molecule has 2 saturated heterocycles. The first kappa shape index (κ1) is 18.4. The number of fused-ring (bicyclic) bond motifs is 1. The van der Waals surface area contributed by atoms with Crippen LogP contribution in [0.15, 0.2) is 24.3 Å². The minimum Gasteiger partial charge on any atom is -0.354 e. The lowest BCUT2D eigenvalue weighted by molar-refractivity contribution is -0.125. The summed E-state index contributed by atoms with van der Waals surface area (Å²) < 4.78 is 2.24. The summed E-state index contributed by atoms with van der Waals surface area (Å²) in [4.78, 5) is 19.8. The highest BCUT2D eigenvalue weighted by Gasteiger charge is 2.45. The van der Waals surface area contributed by atoms with Gasteiger partial charge in [0.05, 0.1) is 17.1 Å². The molecule has 1 unspecified atom stereocenters. The molecule has 2 fully saturated rings. The van der Waals surface area contributed by atoms with E-state index in [0.29, 0.717) is 12.0 Å². The molecule has 1 atom stereocenters. The van der Waals surface area contributed by atoms with Crippen molar-refractivity contribution in [2.45, 2.75) is 45.2 Å². The number of nitrogens with one attached hydrogen (secondary N) is 2. The normalized spacial score (nSPS) is 22.5. The molecule has 0 bridgehead atoms. The number of carbonyl (C=O) groups excluding carboxylic acids is 1. The number of nitrogens with zero attached hydrogens (tertiary/aromatic N) is 3. The van der Waals surface area contributed by atoms with E-state index in [0.717, 1.165) is 50.4 Å². The van der Waals surface area contributed by atoms with Crippen LogP contribution < -0.4 is 10.6 Å². The quantitative estimate of drug-likeness (QED) is 0.844. The molecule has 1 aromatic carbocycles. The first-order chi connectivity index (χ1) is 13.1. The number of carbonyl (C=O) groups is 1. The maximum Gasteiger partial charge on any atom is 0.237 e. The predicted octanol–water partition coefficient (Wildman–Crippen LogP) is 1.79.